The number of halogens is 1. The minimum atomic E-state index is -1.71. The van der Waals surface area contributed by atoms with Crippen LogP contribution in [0, 0.1) is 0 Å². The van der Waals surface area contributed by atoms with E-state index in [0.717, 1.165) is 5.56 Å². The first-order valence-corrected chi connectivity index (χ1v) is 5.87. The van der Waals surface area contributed by atoms with Gasteiger partial charge >= 0.3 is 5.97 Å². The molecule has 0 aliphatic carbocycles. The molecule has 18 heavy (non-hydrogen) atoms. The van der Waals surface area contributed by atoms with Crippen LogP contribution < -0.4 is 5.32 Å². The van der Waals surface area contributed by atoms with Crippen molar-refractivity contribution in [3.63, 3.8) is 0 Å². The summed E-state index contributed by atoms with van der Waals surface area (Å²) in [6, 6.07) is 8.61. The van der Waals surface area contributed by atoms with Gasteiger partial charge in [-0.3, -0.25) is 4.79 Å². The summed E-state index contributed by atoms with van der Waals surface area (Å²) >= 11 is 0. The number of ether oxygens (including phenoxy) is 1. The number of carbonyl (C=O) groups is 1. The second-order valence-electron chi connectivity index (χ2n) is 4.54. The van der Waals surface area contributed by atoms with Crippen LogP contribution in [0.4, 0.5) is 4.39 Å². The molecule has 0 aromatic heterocycles. The molecule has 2 atom stereocenters. The van der Waals surface area contributed by atoms with E-state index in [1.807, 2.05) is 30.3 Å². The molecule has 1 saturated heterocycles. The van der Waals surface area contributed by atoms with Gasteiger partial charge in [0.25, 0.3) is 0 Å². The largest absolute Gasteiger partial charge is 0.460 e. The molecule has 1 aromatic rings. The van der Waals surface area contributed by atoms with Crippen LogP contribution in [0.2, 0.25) is 0 Å². The maximum absolute atomic E-state index is 13.7. The van der Waals surface area contributed by atoms with Crippen LogP contribution in [-0.4, -0.2) is 35.9 Å². The number of alkyl halides is 1. The normalized spacial score (nSPS) is 27.1. The molecule has 5 heteroatoms. The molecule has 2 N–H and O–H groups in total. The lowest BCUT2D eigenvalue weighted by molar-refractivity contribution is -0.147. The molecule has 0 amide bonds. The van der Waals surface area contributed by atoms with E-state index in [9.17, 15) is 9.18 Å². The van der Waals surface area contributed by atoms with Gasteiger partial charge < -0.3 is 15.2 Å². The van der Waals surface area contributed by atoms with Gasteiger partial charge in [0, 0.05) is 13.0 Å². The summed E-state index contributed by atoms with van der Waals surface area (Å²) < 4.78 is 18.8. The van der Waals surface area contributed by atoms with Crippen LogP contribution in [0.3, 0.4) is 0 Å². The summed E-state index contributed by atoms with van der Waals surface area (Å²) in [7, 11) is 0. The fourth-order valence-corrected chi connectivity index (χ4v) is 1.93. The molecule has 2 rings (SSSR count). The Morgan fingerprint density at radius 1 is 1.50 bits per heavy atom. The highest BCUT2D eigenvalue weighted by Gasteiger charge is 2.42. The van der Waals surface area contributed by atoms with Gasteiger partial charge in [-0.05, 0) is 5.56 Å². The first kappa shape index (κ1) is 13.0. The Balaban J connectivity index is 1.83. The van der Waals surface area contributed by atoms with Gasteiger partial charge in [-0.15, -0.1) is 0 Å². The Hall–Kier alpha value is -1.46. The monoisotopic (exact) mass is 253 g/mol. The van der Waals surface area contributed by atoms with Crippen LogP contribution in [-0.2, 0) is 16.1 Å². The van der Waals surface area contributed by atoms with Gasteiger partial charge in [-0.25, -0.2) is 4.39 Å². The Morgan fingerprint density at radius 3 is 2.83 bits per heavy atom. The molecular weight excluding hydrogens is 237 g/mol. The number of aliphatic hydroxyl groups is 1. The molecule has 0 bridgehead atoms. The lowest BCUT2D eigenvalue weighted by atomic mass is 10.0. The number of rotatable bonds is 4. The van der Waals surface area contributed by atoms with Crippen molar-refractivity contribution in [1.82, 2.24) is 5.32 Å². The van der Waals surface area contributed by atoms with Crippen molar-refractivity contribution in [2.24, 2.45) is 0 Å². The van der Waals surface area contributed by atoms with Crippen molar-refractivity contribution in [3.05, 3.63) is 35.9 Å². The lowest BCUT2D eigenvalue weighted by Gasteiger charge is -2.14. The third-order valence-corrected chi connectivity index (χ3v) is 3.03. The number of hydrogen-bond donors (Lipinski definition) is 2. The predicted octanol–water partition coefficient (Wildman–Crippen LogP) is 0.792. The van der Waals surface area contributed by atoms with Crippen molar-refractivity contribution in [2.45, 2.75) is 24.7 Å². The summed E-state index contributed by atoms with van der Waals surface area (Å²) in [5.41, 5.74) is -0.825. The first-order chi connectivity index (χ1) is 8.63. The second kappa shape index (κ2) is 5.46. The second-order valence-corrected chi connectivity index (χ2v) is 4.54. The van der Waals surface area contributed by atoms with Crippen molar-refractivity contribution < 1.29 is 19.0 Å². The average Bonchev–Trinajstić information content (AvgIpc) is 2.81. The number of benzene rings is 1. The van der Waals surface area contributed by atoms with Crippen LogP contribution in [0.25, 0.3) is 0 Å². The molecule has 1 heterocycles. The van der Waals surface area contributed by atoms with Gasteiger partial charge in [-0.1, -0.05) is 30.3 Å². The zero-order valence-electron chi connectivity index (χ0n) is 9.93. The van der Waals surface area contributed by atoms with Crippen molar-refractivity contribution in [3.8, 4) is 0 Å². The zero-order chi connectivity index (χ0) is 13.0. The van der Waals surface area contributed by atoms with E-state index in [0.29, 0.717) is 0 Å². The van der Waals surface area contributed by atoms with E-state index >= 15 is 0 Å². The maximum Gasteiger partial charge on any atom is 0.323 e. The molecule has 2 unspecified atom stereocenters. The molecule has 1 fully saturated rings. The Morgan fingerprint density at radius 2 is 2.22 bits per heavy atom. The summed E-state index contributed by atoms with van der Waals surface area (Å²) in [6.45, 7) is -0.423. The van der Waals surface area contributed by atoms with Crippen LogP contribution >= 0.6 is 0 Å². The van der Waals surface area contributed by atoms with E-state index in [4.69, 9.17) is 9.84 Å². The van der Waals surface area contributed by atoms with Gasteiger partial charge in [0.05, 0.1) is 6.61 Å². The Kier molecular flexibility index (Phi) is 3.93. The highest BCUT2D eigenvalue weighted by Crippen LogP contribution is 2.23. The van der Waals surface area contributed by atoms with E-state index in [2.05, 4.69) is 5.32 Å². The van der Waals surface area contributed by atoms with Crippen LogP contribution in [0.5, 0.6) is 0 Å². The van der Waals surface area contributed by atoms with E-state index in [1.54, 1.807) is 0 Å². The number of aliphatic hydroxyl groups excluding tert-OH is 1. The highest BCUT2D eigenvalue weighted by molar-refractivity contribution is 5.76. The Labute approximate surface area is 105 Å². The fraction of sp³-hybridized carbons (Fsp3) is 0.462. The van der Waals surface area contributed by atoms with E-state index < -0.39 is 24.3 Å². The zero-order valence-corrected chi connectivity index (χ0v) is 9.93. The summed E-state index contributed by atoms with van der Waals surface area (Å²) in [5, 5.41) is 11.6. The SMILES string of the molecule is O=C(OCc1ccccc1)C1CC(F)(CO)CN1. The number of nitrogens with one attached hydrogen (secondary N) is 1. The van der Waals surface area contributed by atoms with E-state index in [1.165, 1.54) is 0 Å². The first-order valence-electron chi connectivity index (χ1n) is 5.87. The minimum Gasteiger partial charge on any atom is -0.460 e. The van der Waals surface area contributed by atoms with Crippen molar-refractivity contribution >= 4 is 5.97 Å². The van der Waals surface area contributed by atoms with Gasteiger partial charge in [-0.2, -0.15) is 0 Å². The maximum atomic E-state index is 13.7. The van der Waals surface area contributed by atoms with Crippen LogP contribution in [0.1, 0.15) is 12.0 Å². The van der Waals surface area contributed by atoms with Crippen molar-refractivity contribution in [1.29, 1.82) is 0 Å². The molecular formula is C13H16FNO3. The van der Waals surface area contributed by atoms with Crippen LogP contribution in [0.15, 0.2) is 30.3 Å². The summed E-state index contributed by atoms with van der Waals surface area (Å²) in [5.74, 6) is -0.480. The third-order valence-electron chi connectivity index (χ3n) is 3.03. The third kappa shape index (κ3) is 3.05. The molecule has 98 valence electrons. The molecule has 1 aliphatic rings. The molecule has 1 aliphatic heterocycles. The van der Waals surface area contributed by atoms with Gasteiger partial charge in [0.15, 0.2) is 0 Å². The average molecular weight is 253 g/mol. The molecule has 0 radical (unpaired) electrons. The minimum absolute atomic E-state index is 0.0192. The highest BCUT2D eigenvalue weighted by atomic mass is 19.1. The smallest absolute Gasteiger partial charge is 0.323 e. The Bertz CT molecular complexity index is 412. The lowest BCUT2D eigenvalue weighted by Crippen LogP contribution is -2.32. The molecule has 0 saturated carbocycles. The van der Waals surface area contributed by atoms with E-state index in [-0.39, 0.29) is 19.6 Å². The number of hydrogen-bond acceptors (Lipinski definition) is 4. The number of carbonyl (C=O) groups excluding carboxylic acids is 1. The summed E-state index contributed by atoms with van der Waals surface area (Å²) in [4.78, 5) is 11.7. The topological polar surface area (TPSA) is 58.6 Å². The molecule has 0 spiro atoms. The van der Waals surface area contributed by atoms with Gasteiger partial charge in [0.1, 0.15) is 18.3 Å². The molecule has 4 nitrogen and oxygen atoms in total. The fourth-order valence-electron chi connectivity index (χ4n) is 1.93. The van der Waals surface area contributed by atoms with Crippen molar-refractivity contribution in [2.75, 3.05) is 13.2 Å². The summed E-state index contributed by atoms with van der Waals surface area (Å²) in [6.07, 6.45) is -0.0445. The quantitative estimate of drug-likeness (QED) is 0.779. The predicted molar refractivity (Wildman–Crippen MR) is 63.6 cm³/mol. The molecule has 1 aromatic carbocycles. The number of esters is 1. The van der Waals surface area contributed by atoms with Gasteiger partial charge in [0.2, 0.25) is 0 Å². The standard InChI is InChI=1S/C13H16FNO3/c14-13(9-16)6-11(15-8-13)12(17)18-7-10-4-2-1-3-5-10/h1-5,11,15-16H,6-9H2.